The van der Waals surface area contributed by atoms with Gasteiger partial charge in [-0.25, -0.2) is 4.98 Å². The normalized spacial score (nSPS) is 12.6. The Hall–Kier alpha value is -2.34. The Kier molecular flexibility index (Phi) is 2.17. The SMILES string of the molecule is [3H]C([3H])([3H])Oc1cncc(C#Cc2ccccn2)c1. The molecule has 0 bridgehead atoms. The number of aromatic nitrogens is 2. The molecule has 16 heavy (non-hydrogen) atoms. The number of nitrogens with zero attached hydrogens (tertiary/aromatic N) is 2. The van der Waals surface area contributed by atoms with E-state index in [1.54, 1.807) is 18.3 Å². The predicted octanol–water partition coefficient (Wildman–Crippen LogP) is 1.88. The zero-order chi connectivity index (χ0) is 13.7. The van der Waals surface area contributed by atoms with Crippen molar-refractivity contribution in [3.05, 3.63) is 54.1 Å². The van der Waals surface area contributed by atoms with E-state index >= 15 is 0 Å². The molecule has 3 heteroatoms. The van der Waals surface area contributed by atoms with Crippen molar-refractivity contribution in [2.75, 3.05) is 7.04 Å². The first-order valence-corrected chi connectivity index (χ1v) is 4.60. The van der Waals surface area contributed by atoms with Gasteiger partial charge in [0.2, 0.25) is 0 Å². The summed E-state index contributed by atoms with van der Waals surface area (Å²) in [6.45, 7) is 0. The second-order valence-corrected chi connectivity index (χ2v) is 2.98. The third-order valence-electron chi connectivity index (χ3n) is 1.83. The van der Waals surface area contributed by atoms with Crippen molar-refractivity contribution in [2.45, 2.75) is 0 Å². The van der Waals surface area contributed by atoms with Crippen molar-refractivity contribution in [2.24, 2.45) is 0 Å². The maximum atomic E-state index is 7.01. The van der Waals surface area contributed by atoms with Crippen LogP contribution in [0.2, 0.25) is 0 Å². The third-order valence-corrected chi connectivity index (χ3v) is 1.83. The summed E-state index contributed by atoms with van der Waals surface area (Å²) in [4.78, 5) is 7.94. The van der Waals surface area contributed by atoms with Gasteiger partial charge in [0, 0.05) is 18.0 Å². The molecule has 2 aromatic rings. The quantitative estimate of drug-likeness (QED) is 0.683. The highest BCUT2D eigenvalue weighted by Gasteiger charge is 1.92. The third kappa shape index (κ3) is 2.58. The highest BCUT2D eigenvalue weighted by molar-refractivity contribution is 5.41. The second kappa shape index (κ2) is 4.94. The van der Waals surface area contributed by atoms with Crippen molar-refractivity contribution in [3.8, 4) is 17.6 Å². The van der Waals surface area contributed by atoms with Crippen LogP contribution in [-0.4, -0.2) is 17.0 Å². The lowest BCUT2D eigenvalue weighted by atomic mass is 10.2. The van der Waals surface area contributed by atoms with Crippen LogP contribution in [0.4, 0.5) is 0 Å². The fourth-order valence-electron chi connectivity index (χ4n) is 1.12. The molecule has 0 saturated carbocycles. The summed E-state index contributed by atoms with van der Waals surface area (Å²) < 4.78 is 25.8. The van der Waals surface area contributed by atoms with Gasteiger partial charge in [0.1, 0.15) is 11.4 Å². The van der Waals surface area contributed by atoms with E-state index in [2.05, 4.69) is 21.8 Å². The Labute approximate surface area is 98.4 Å². The van der Waals surface area contributed by atoms with Gasteiger partial charge in [0.05, 0.1) is 17.3 Å². The van der Waals surface area contributed by atoms with Gasteiger partial charge in [0.15, 0.2) is 0 Å². The standard InChI is InChI=1S/C13H10N2O/c1-16-13-8-11(9-14-10-13)5-6-12-4-2-3-7-15-12/h2-4,7-10H,1H3/i1T3. The van der Waals surface area contributed by atoms with E-state index in [0.29, 0.717) is 11.3 Å². The maximum absolute atomic E-state index is 7.01. The molecule has 0 aromatic carbocycles. The van der Waals surface area contributed by atoms with Gasteiger partial charge in [-0.1, -0.05) is 12.0 Å². The van der Waals surface area contributed by atoms with Gasteiger partial charge in [-0.3, -0.25) is 4.98 Å². The number of methoxy groups -OCH3 is 1. The van der Waals surface area contributed by atoms with Gasteiger partial charge >= 0.3 is 0 Å². The van der Waals surface area contributed by atoms with E-state index in [4.69, 9.17) is 8.85 Å². The van der Waals surface area contributed by atoms with Crippen molar-refractivity contribution < 1.29 is 8.85 Å². The van der Waals surface area contributed by atoms with E-state index in [9.17, 15) is 0 Å². The average molecular weight is 216 g/mol. The Balaban J connectivity index is 2.18. The van der Waals surface area contributed by atoms with Gasteiger partial charge in [0.25, 0.3) is 0 Å². The summed E-state index contributed by atoms with van der Waals surface area (Å²) in [5, 5.41) is 0. The zero-order valence-corrected chi connectivity index (χ0v) is 8.34. The molecule has 0 spiro atoms. The lowest BCUT2D eigenvalue weighted by Crippen LogP contribution is -1.86. The van der Waals surface area contributed by atoms with Crippen molar-refractivity contribution >= 4 is 0 Å². The molecule has 0 atom stereocenters. The summed E-state index contributed by atoms with van der Waals surface area (Å²) in [6.07, 6.45) is 4.51. The highest BCUT2D eigenvalue weighted by Crippen LogP contribution is 2.08. The van der Waals surface area contributed by atoms with Crippen LogP contribution in [0.1, 0.15) is 15.4 Å². The van der Waals surface area contributed by atoms with E-state index in [0.717, 1.165) is 0 Å². The lowest BCUT2D eigenvalue weighted by Gasteiger charge is -1.97. The highest BCUT2D eigenvalue weighted by atomic mass is 16.5. The molecule has 0 amide bonds. The molecule has 0 N–H and O–H groups in total. The smallest absolute Gasteiger partial charge is 0.138 e. The first-order chi connectivity index (χ1) is 9.03. The molecule has 2 aromatic heterocycles. The molecule has 0 aliphatic heterocycles. The monoisotopic (exact) mass is 216 g/mol. The molecular weight excluding hydrogens is 200 g/mol. The maximum Gasteiger partial charge on any atom is 0.138 e. The van der Waals surface area contributed by atoms with Crippen LogP contribution < -0.4 is 4.74 Å². The summed E-state index contributed by atoms with van der Waals surface area (Å²) in [5.74, 6) is 5.86. The Morgan fingerprint density at radius 3 is 3.12 bits per heavy atom. The van der Waals surface area contributed by atoms with Gasteiger partial charge in [-0.15, -0.1) is 0 Å². The summed E-state index contributed by atoms with van der Waals surface area (Å²) >= 11 is 0. The summed E-state index contributed by atoms with van der Waals surface area (Å²) in [5.41, 5.74) is 1.19. The van der Waals surface area contributed by atoms with E-state index in [-0.39, 0.29) is 5.75 Å². The Morgan fingerprint density at radius 1 is 1.31 bits per heavy atom. The van der Waals surface area contributed by atoms with Crippen LogP contribution in [0.5, 0.6) is 5.75 Å². The van der Waals surface area contributed by atoms with E-state index in [1.807, 2.05) is 6.07 Å². The van der Waals surface area contributed by atoms with Crippen molar-refractivity contribution in [1.82, 2.24) is 9.97 Å². The van der Waals surface area contributed by atoms with Crippen LogP contribution in [0.25, 0.3) is 0 Å². The van der Waals surface area contributed by atoms with Crippen molar-refractivity contribution in [3.63, 3.8) is 0 Å². The van der Waals surface area contributed by atoms with Crippen LogP contribution >= 0.6 is 0 Å². The number of hydrogen-bond acceptors (Lipinski definition) is 3. The van der Waals surface area contributed by atoms with Gasteiger partial charge in [-0.2, -0.15) is 0 Å². The Bertz CT molecular complexity index is 615. The lowest BCUT2D eigenvalue weighted by molar-refractivity contribution is 0.413. The zero-order valence-electron chi connectivity index (χ0n) is 11.3. The summed E-state index contributed by atoms with van der Waals surface area (Å²) in [7, 11) is -2.49. The van der Waals surface area contributed by atoms with Gasteiger partial charge in [-0.05, 0) is 24.1 Å². The minimum atomic E-state index is -2.49. The molecule has 3 nitrogen and oxygen atoms in total. The fourth-order valence-corrected chi connectivity index (χ4v) is 1.12. The van der Waals surface area contributed by atoms with E-state index in [1.165, 1.54) is 18.5 Å². The largest absolute Gasteiger partial charge is 0.495 e. The van der Waals surface area contributed by atoms with Crippen molar-refractivity contribution in [1.29, 1.82) is 0 Å². The molecule has 0 aliphatic carbocycles. The molecule has 0 radical (unpaired) electrons. The topological polar surface area (TPSA) is 35.0 Å². The minimum absolute atomic E-state index is 0.160. The molecule has 0 aliphatic rings. The molecule has 0 unspecified atom stereocenters. The van der Waals surface area contributed by atoms with Crippen LogP contribution in [-0.2, 0) is 0 Å². The molecule has 2 heterocycles. The average Bonchev–Trinajstić information content (AvgIpc) is 2.36. The second-order valence-electron chi connectivity index (χ2n) is 2.98. The number of pyridine rings is 2. The van der Waals surface area contributed by atoms with Crippen LogP contribution in [0, 0.1) is 11.8 Å². The minimum Gasteiger partial charge on any atom is -0.495 e. The first-order valence-electron chi connectivity index (χ1n) is 6.10. The van der Waals surface area contributed by atoms with E-state index < -0.39 is 7.04 Å². The molecular formula is C13H10N2O. The number of hydrogen-bond donors (Lipinski definition) is 0. The predicted molar refractivity (Wildman–Crippen MR) is 61.0 cm³/mol. The molecule has 2 rings (SSSR count). The first kappa shape index (κ1) is 7.02. The van der Waals surface area contributed by atoms with Crippen LogP contribution in [0.15, 0.2) is 42.9 Å². The fraction of sp³-hybridized carbons (Fsp3) is 0.0769. The molecule has 0 fully saturated rings. The summed E-state index contributed by atoms with van der Waals surface area (Å²) in [6, 6.07) is 6.94. The number of ether oxygens (including phenoxy) is 1. The molecule has 0 saturated heterocycles. The number of rotatable bonds is 1. The van der Waals surface area contributed by atoms with Gasteiger partial charge < -0.3 is 4.74 Å². The van der Waals surface area contributed by atoms with Crippen LogP contribution in [0.3, 0.4) is 0 Å². The molecule has 78 valence electrons. The Morgan fingerprint density at radius 2 is 2.31 bits per heavy atom.